The van der Waals surface area contributed by atoms with Gasteiger partial charge in [-0.05, 0) is 25.7 Å². The first-order chi connectivity index (χ1) is 8.17. The maximum absolute atomic E-state index is 11.9. The van der Waals surface area contributed by atoms with Crippen molar-refractivity contribution in [3.05, 3.63) is 0 Å². The fourth-order valence-electron chi connectivity index (χ4n) is 2.03. The molecule has 0 aromatic carbocycles. The normalized spacial score (nSPS) is 17.2. The van der Waals surface area contributed by atoms with E-state index in [-0.39, 0.29) is 25.7 Å². The molecular formula is C12H24N2O3. The maximum Gasteiger partial charge on any atom is 0.236 e. The standard InChI is InChI=1S/C12H24N2O3/c1-2-12(9-15,10-16)13-8-11(17)14-6-4-3-5-7-14/h13,15-16H,2-10H2,1H3. The number of hydrogen-bond donors (Lipinski definition) is 3. The maximum atomic E-state index is 11.9. The molecule has 0 spiro atoms. The summed E-state index contributed by atoms with van der Waals surface area (Å²) in [7, 11) is 0. The summed E-state index contributed by atoms with van der Waals surface area (Å²) < 4.78 is 0. The van der Waals surface area contributed by atoms with Gasteiger partial charge in [-0.25, -0.2) is 0 Å². The summed E-state index contributed by atoms with van der Waals surface area (Å²) in [6.45, 7) is 3.41. The highest BCUT2D eigenvalue weighted by molar-refractivity contribution is 5.78. The van der Waals surface area contributed by atoms with Crippen LogP contribution in [0.15, 0.2) is 0 Å². The molecule has 0 aromatic heterocycles. The monoisotopic (exact) mass is 244 g/mol. The van der Waals surface area contributed by atoms with Crippen molar-refractivity contribution in [2.24, 2.45) is 0 Å². The summed E-state index contributed by atoms with van der Waals surface area (Å²) in [5.41, 5.74) is -0.731. The van der Waals surface area contributed by atoms with Crippen LogP contribution in [-0.2, 0) is 4.79 Å². The summed E-state index contributed by atoms with van der Waals surface area (Å²) >= 11 is 0. The molecule has 1 fully saturated rings. The Labute approximate surface area is 103 Å². The smallest absolute Gasteiger partial charge is 0.236 e. The predicted molar refractivity (Wildman–Crippen MR) is 65.6 cm³/mol. The molecule has 0 saturated carbocycles. The third-order valence-corrected chi connectivity index (χ3v) is 3.61. The van der Waals surface area contributed by atoms with Gasteiger partial charge in [0.2, 0.25) is 5.91 Å². The number of carbonyl (C=O) groups excluding carboxylic acids is 1. The van der Waals surface area contributed by atoms with Crippen LogP contribution in [0.5, 0.6) is 0 Å². The van der Waals surface area contributed by atoms with Crippen molar-refractivity contribution in [3.63, 3.8) is 0 Å². The third-order valence-electron chi connectivity index (χ3n) is 3.61. The summed E-state index contributed by atoms with van der Waals surface area (Å²) in [4.78, 5) is 13.7. The molecule has 5 nitrogen and oxygen atoms in total. The molecule has 1 aliphatic heterocycles. The van der Waals surface area contributed by atoms with Gasteiger partial charge >= 0.3 is 0 Å². The summed E-state index contributed by atoms with van der Waals surface area (Å²) in [6, 6.07) is 0. The van der Waals surface area contributed by atoms with Crippen LogP contribution < -0.4 is 5.32 Å². The van der Waals surface area contributed by atoms with Crippen LogP contribution in [0.1, 0.15) is 32.6 Å². The van der Waals surface area contributed by atoms with E-state index in [4.69, 9.17) is 0 Å². The van der Waals surface area contributed by atoms with Crippen LogP contribution in [-0.4, -0.2) is 59.4 Å². The molecule has 1 saturated heterocycles. The van der Waals surface area contributed by atoms with Gasteiger partial charge in [-0.1, -0.05) is 6.92 Å². The van der Waals surface area contributed by atoms with Crippen molar-refractivity contribution < 1.29 is 15.0 Å². The molecule has 0 atom stereocenters. The van der Waals surface area contributed by atoms with Crippen molar-refractivity contribution in [3.8, 4) is 0 Å². The molecule has 5 heteroatoms. The molecule has 100 valence electrons. The van der Waals surface area contributed by atoms with E-state index in [0.717, 1.165) is 25.9 Å². The minimum atomic E-state index is -0.731. The lowest BCUT2D eigenvalue weighted by Crippen LogP contribution is -2.54. The second kappa shape index (κ2) is 6.93. The number of amides is 1. The highest BCUT2D eigenvalue weighted by Gasteiger charge is 2.27. The second-order valence-corrected chi connectivity index (χ2v) is 4.75. The van der Waals surface area contributed by atoms with E-state index in [2.05, 4.69) is 5.32 Å². The van der Waals surface area contributed by atoms with Gasteiger partial charge in [0.25, 0.3) is 0 Å². The van der Waals surface area contributed by atoms with Gasteiger partial charge in [0.1, 0.15) is 0 Å². The first-order valence-corrected chi connectivity index (χ1v) is 6.42. The zero-order chi connectivity index (χ0) is 12.7. The molecule has 1 amide bonds. The van der Waals surface area contributed by atoms with E-state index >= 15 is 0 Å². The molecule has 1 aliphatic rings. The number of aliphatic hydroxyl groups excluding tert-OH is 2. The van der Waals surface area contributed by atoms with E-state index in [1.165, 1.54) is 6.42 Å². The fraction of sp³-hybridized carbons (Fsp3) is 0.917. The van der Waals surface area contributed by atoms with Gasteiger partial charge in [0, 0.05) is 13.1 Å². The number of nitrogens with zero attached hydrogens (tertiary/aromatic N) is 1. The molecule has 0 unspecified atom stereocenters. The summed E-state index contributed by atoms with van der Waals surface area (Å²) in [5, 5.41) is 21.5. The molecule has 0 aromatic rings. The van der Waals surface area contributed by atoms with Gasteiger partial charge in [-0.15, -0.1) is 0 Å². The molecule has 0 aliphatic carbocycles. The Morgan fingerprint density at radius 2 is 1.82 bits per heavy atom. The average molecular weight is 244 g/mol. The molecule has 1 heterocycles. The molecule has 0 radical (unpaired) electrons. The third kappa shape index (κ3) is 3.94. The van der Waals surface area contributed by atoms with Gasteiger partial charge in [-0.2, -0.15) is 0 Å². The number of likely N-dealkylation sites (tertiary alicyclic amines) is 1. The van der Waals surface area contributed by atoms with Gasteiger partial charge in [0.15, 0.2) is 0 Å². The number of carbonyl (C=O) groups is 1. The van der Waals surface area contributed by atoms with Crippen molar-refractivity contribution >= 4 is 5.91 Å². The van der Waals surface area contributed by atoms with Crippen LogP contribution in [0.2, 0.25) is 0 Å². The van der Waals surface area contributed by atoms with Crippen LogP contribution in [0, 0.1) is 0 Å². The molecular weight excluding hydrogens is 220 g/mol. The average Bonchev–Trinajstić information content (AvgIpc) is 2.41. The molecule has 3 N–H and O–H groups in total. The van der Waals surface area contributed by atoms with Gasteiger partial charge in [0.05, 0.1) is 25.3 Å². The summed E-state index contributed by atoms with van der Waals surface area (Å²) in [6.07, 6.45) is 3.94. The quantitative estimate of drug-likeness (QED) is 0.601. The van der Waals surface area contributed by atoms with Crippen molar-refractivity contribution in [1.82, 2.24) is 10.2 Å². The Morgan fingerprint density at radius 3 is 2.29 bits per heavy atom. The minimum absolute atomic E-state index is 0.0597. The zero-order valence-electron chi connectivity index (χ0n) is 10.6. The Morgan fingerprint density at radius 1 is 1.24 bits per heavy atom. The van der Waals surface area contributed by atoms with E-state index < -0.39 is 5.54 Å². The van der Waals surface area contributed by atoms with E-state index in [1.807, 2.05) is 11.8 Å². The topological polar surface area (TPSA) is 72.8 Å². The SMILES string of the molecule is CCC(CO)(CO)NCC(=O)N1CCCCC1. The number of aliphatic hydroxyl groups is 2. The van der Waals surface area contributed by atoms with Crippen LogP contribution in [0.4, 0.5) is 0 Å². The Kier molecular flexibility index (Phi) is 5.88. The van der Waals surface area contributed by atoms with Crippen molar-refractivity contribution in [2.45, 2.75) is 38.1 Å². The minimum Gasteiger partial charge on any atom is -0.394 e. The zero-order valence-corrected chi connectivity index (χ0v) is 10.6. The molecule has 1 rings (SSSR count). The highest BCUT2D eigenvalue weighted by atomic mass is 16.3. The highest BCUT2D eigenvalue weighted by Crippen LogP contribution is 2.10. The van der Waals surface area contributed by atoms with Gasteiger partial charge < -0.3 is 15.1 Å². The first-order valence-electron chi connectivity index (χ1n) is 6.42. The lowest BCUT2D eigenvalue weighted by atomic mass is 9.98. The lowest BCUT2D eigenvalue weighted by molar-refractivity contribution is -0.131. The van der Waals surface area contributed by atoms with Crippen molar-refractivity contribution in [1.29, 1.82) is 0 Å². The van der Waals surface area contributed by atoms with Crippen LogP contribution >= 0.6 is 0 Å². The van der Waals surface area contributed by atoms with Crippen LogP contribution in [0.3, 0.4) is 0 Å². The number of nitrogens with one attached hydrogen (secondary N) is 1. The van der Waals surface area contributed by atoms with E-state index in [0.29, 0.717) is 6.42 Å². The van der Waals surface area contributed by atoms with Crippen molar-refractivity contribution in [2.75, 3.05) is 32.8 Å². The van der Waals surface area contributed by atoms with Gasteiger partial charge in [-0.3, -0.25) is 10.1 Å². The number of hydrogen-bond acceptors (Lipinski definition) is 4. The van der Waals surface area contributed by atoms with Crippen LogP contribution in [0.25, 0.3) is 0 Å². The summed E-state index contributed by atoms with van der Waals surface area (Å²) in [5.74, 6) is 0.0597. The van der Waals surface area contributed by atoms with E-state index in [9.17, 15) is 15.0 Å². The predicted octanol–water partition coefficient (Wildman–Crippen LogP) is -0.278. The second-order valence-electron chi connectivity index (χ2n) is 4.75. The van der Waals surface area contributed by atoms with E-state index in [1.54, 1.807) is 0 Å². The molecule has 0 bridgehead atoms. The Bertz CT molecular complexity index is 228. The fourth-order valence-corrected chi connectivity index (χ4v) is 2.03. The molecule has 17 heavy (non-hydrogen) atoms. The first kappa shape index (κ1) is 14.4. The number of piperidine rings is 1. The Hall–Kier alpha value is -0.650. The largest absolute Gasteiger partial charge is 0.394 e. The lowest BCUT2D eigenvalue weighted by Gasteiger charge is -2.32. The Balaban J connectivity index is 2.40. The number of rotatable bonds is 6.